The minimum atomic E-state index is -0.335. The number of hydrogen-bond donors (Lipinski definition) is 0. The Hall–Kier alpha value is -2.70. The molecule has 0 bridgehead atoms. The number of aromatic nitrogens is 2. The molecule has 7 heteroatoms. The Kier molecular flexibility index (Phi) is 5.65. The van der Waals surface area contributed by atoms with Crippen LogP contribution in [0.5, 0.6) is 0 Å². The average Bonchev–Trinajstić information content (AvgIpc) is 3.03. The summed E-state index contributed by atoms with van der Waals surface area (Å²) in [4.78, 5) is 17.3. The number of rotatable bonds is 4. The molecule has 2 aromatic carbocycles. The molecular weight excluding hydrogens is 391 g/mol. The van der Waals surface area contributed by atoms with Gasteiger partial charge in [0, 0.05) is 32.7 Å². The van der Waals surface area contributed by atoms with Gasteiger partial charge in [0.1, 0.15) is 11.0 Å². The van der Waals surface area contributed by atoms with Crippen LogP contribution in [0.3, 0.4) is 0 Å². The van der Waals surface area contributed by atoms with Crippen LogP contribution in [0.2, 0.25) is 5.15 Å². The fourth-order valence-electron chi connectivity index (χ4n) is 3.60. The van der Waals surface area contributed by atoms with Crippen molar-refractivity contribution in [2.24, 2.45) is 0 Å². The zero-order valence-electron chi connectivity index (χ0n) is 16.2. The van der Waals surface area contributed by atoms with Crippen molar-refractivity contribution in [3.63, 3.8) is 0 Å². The summed E-state index contributed by atoms with van der Waals surface area (Å²) in [7, 11) is 0. The molecule has 2 heterocycles. The molecule has 0 N–H and O–H groups in total. The minimum absolute atomic E-state index is 0.111. The molecule has 0 atom stereocenters. The van der Waals surface area contributed by atoms with Gasteiger partial charge >= 0.3 is 0 Å². The fraction of sp³-hybridized carbons (Fsp3) is 0.273. The molecule has 1 aliphatic rings. The van der Waals surface area contributed by atoms with Gasteiger partial charge in [0.25, 0.3) is 5.91 Å². The van der Waals surface area contributed by atoms with E-state index in [1.807, 2.05) is 23.1 Å². The van der Waals surface area contributed by atoms with E-state index in [9.17, 15) is 9.18 Å². The second-order valence-corrected chi connectivity index (χ2v) is 7.55. The molecule has 0 spiro atoms. The highest BCUT2D eigenvalue weighted by atomic mass is 35.5. The predicted octanol–water partition coefficient (Wildman–Crippen LogP) is 3.93. The van der Waals surface area contributed by atoms with E-state index in [1.54, 1.807) is 19.1 Å². The standard InChI is InChI=1S/C22H22ClFN4O/c1-16-20(21(23)28(25-16)19-9-7-18(24)8-10-19)22(29)27-13-11-26(12-14-27)15-17-5-3-2-4-6-17/h2-10H,11-15H2,1H3. The monoisotopic (exact) mass is 412 g/mol. The Labute approximate surface area is 174 Å². The van der Waals surface area contributed by atoms with Crippen LogP contribution in [0.25, 0.3) is 5.69 Å². The Morgan fingerprint density at radius 1 is 1.03 bits per heavy atom. The molecule has 29 heavy (non-hydrogen) atoms. The number of hydrogen-bond acceptors (Lipinski definition) is 3. The van der Waals surface area contributed by atoms with Crippen molar-refractivity contribution in [3.8, 4) is 5.69 Å². The number of piperazine rings is 1. The normalized spacial score (nSPS) is 14.9. The SMILES string of the molecule is Cc1nn(-c2ccc(F)cc2)c(Cl)c1C(=O)N1CCN(Cc2ccccc2)CC1. The Morgan fingerprint density at radius 3 is 2.34 bits per heavy atom. The fourth-order valence-corrected chi connectivity index (χ4v) is 3.96. The third kappa shape index (κ3) is 4.18. The van der Waals surface area contributed by atoms with E-state index in [0.29, 0.717) is 30.0 Å². The second kappa shape index (κ2) is 8.35. The largest absolute Gasteiger partial charge is 0.336 e. The van der Waals surface area contributed by atoms with E-state index < -0.39 is 0 Å². The number of carbonyl (C=O) groups excluding carboxylic acids is 1. The molecule has 1 aromatic heterocycles. The van der Waals surface area contributed by atoms with Crippen molar-refractivity contribution < 1.29 is 9.18 Å². The first-order valence-corrected chi connectivity index (χ1v) is 9.97. The summed E-state index contributed by atoms with van der Waals surface area (Å²) in [5.74, 6) is -0.446. The maximum Gasteiger partial charge on any atom is 0.258 e. The van der Waals surface area contributed by atoms with Crippen LogP contribution in [0.1, 0.15) is 21.6 Å². The Morgan fingerprint density at radius 2 is 1.69 bits per heavy atom. The van der Waals surface area contributed by atoms with Crippen molar-refractivity contribution in [3.05, 3.63) is 82.4 Å². The molecular formula is C22H22ClFN4O. The summed E-state index contributed by atoms with van der Waals surface area (Å²) in [5.41, 5.74) is 2.86. The molecule has 0 unspecified atom stereocenters. The summed E-state index contributed by atoms with van der Waals surface area (Å²) in [6.07, 6.45) is 0. The highest BCUT2D eigenvalue weighted by molar-refractivity contribution is 6.33. The quantitative estimate of drug-likeness (QED) is 0.652. The molecule has 0 aliphatic carbocycles. The van der Waals surface area contributed by atoms with Crippen LogP contribution < -0.4 is 0 Å². The highest BCUT2D eigenvalue weighted by Gasteiger charge is 2.28. The van der Waals surface area contributed by atoms with E-state index >= 15 is 0 Å². The van der Waals surface area contributed by atoms with Gasteiger partial charge in [-0.25, -0.2) is 9.07 Å². The maximum absolute atomic E-state index is 13.2. The summed E-state index contributed by atoms with van der Waals surface area (Å²) in [5, 5.41) is 4.66. The molecule has 4 rings (SSSR count). The van der Waals surface area contributed by atoms with Gasteiger partial charge in [-0.2, -0.15) is 5.10 Å². The maximum atomic E-state index is 13.2. The first-order chi connectivity index (χ1) is 14.0. The van der Waals surface area contributed by atoms with Gasteiger partial charge in [0.2, 0.25) is 0 Å². The lowest BCUT2D eigenvalue weighted by Crippen LogP contribution is -2.48. The molecule has 1 saturated heterocycles. The van der Waals surface area contributed by atoms with Crippen molar-refractivity contribution >= 4 is 17.5 Å². The van der Waals surface area contributed by atoms with Gasteiger partial charge in [-0.05, 0) is 36.8 Å². The Bertz CT molecular complexity index is 996. The molecule has 1 aliphatic heterocycles. The lowest BCUT2D eigenvalue weighted by molar-refractivity contribution is 0.0628. The lowest BCUT2D eigenvalue weighted by Gasteiger charge is -2.34. The molecule has 150 valence electrons. The number of nitrogens with zero attached hydrogens (tertiary/aromatic N) is 4. The van der Waals surface area contributed by atoms with Gasteiger partial charge < -0.3 is 4.90 Å². The van der Waals surface area contributed by atoms with Crippen LogP contribution in [0.4, 0.5) is 4.39 Å². The van der Waals surface area contributed by atoms with Gasteiger partial charge in [-0.1, -0.05) is 41.9 Å². The summed E-state index contributed by atoms with van der Waals surface area (Å²) < 4.78 is 14.7. The topological polar surface area (TPSA) is 41.4 Å². The second-order valence-electron chi connectivity index (χ2n) is 7.19. The van der Waals surface area contributed by atoms with E-state index in [2.05, 4.69) is 22.1 Å². The van der Waals surface area contributed by atoms with Crippen LogP contribution in [0, 0.1) is 12.7 Å². The lowest BCUT2D eigenvalue weighted by atomic mass is 10.1. The smallest absolute Gasteiger partial charge is 0.258 e. The number of carbonyl (C=O) groups is 1. The van der Waals surface area contributed by atoms with E-state index in [4.69, 9.17) is 11.6 Å². The summed E-state index contributed by atoms with van der Waals surface area (Å²) in [6.45, 7) is 5.55. The molecule has 1 amide bonds. The van der Waals surface area contributed by atoms with Crippen LogP contribution in [0.15, 0.2) is 54.6 Å². The first kappa shape index (κ1) is 19.6. The van der Waals surface area contributed by atoms with Gasteiger partial charge in [-0.3, -0.25) is 9.69 Å². The number of aryl methyl sites for hydroxylation is 1. The highest BCUT2D eigenvalue weighted by Crippen LogP contribution is 2.25. The minimum Gasteiger partial charge on any atom is -0.336 e. The van der Waals surface area contributed by atoms with Crippen molar-refractivity contribution in [1.29, 1.82) is 0 Å². The van der Waals surface area contributed by atoms with Crippen molar-refractivity contribution in [1.82, 2.24) is 19.6 Å². The van der Waals surface area contributed by atoms with Crippen molar-refractivity contribution in [2.45, 2.75) is 13.5 Å². The molecule has 0 radical (unpaired) electrons. The van der Waals surface area contributed by atoms with Crippen molar-refractivity contribution in [2.75, 3.05) is 26.2 Å². The molecule has 0 saturated carbocycles. The number of halogens is 2. The number of benzene rings is 2. The third-order valence-electron chi connectivity index (χ3n) is 5.20. The van der Waals surface area contributed by atoms with E-state index in [1.165, 1.54) is 22.4 Å². The first-order valence-electron chi connectivity index (χ1n) is 9.59. The van der Waals surface area contributed by atoms with Crippen LogP contribution >= 0.6 is 11.6 Å². The molecule has 1 fully saturated rings. The third-order valence-corrected chi connectivity index (χ3v) is 5.55. The van der Waals surface area contributed by atoms with Gasteiger partial charge in [0.15, 0.2) is 0 Å². The van der Waals surface area contributed by atoms with Gasteiger partial charge in [0.05, 0.1) is 16.9 Å². The molecule has 5 nitrogen and oxygen atoms in total. The van der Waals surface area contributed by atoms with E-state index in [-0.39, 0.29) is 16.9 Å². The summed E-state index contributed by atoms with van der Waals surface area (Å²) in [6, 6.07) is 16.2. The van der Waals surface area contributed by atoms with Gasteiger partial charge in [-0.15, -0.1) is 0 Å². The molecule has 3 aromatic rings. The average molecular weight is 413 g/mol. The van der Waals surface area contributed by atoms with E-state index in [0.717, 1.165) is 19.6 Å². The zero-order chi connectivity index (χ0) is 20.4. The number of amides is 1. The summed E-state index contributed by atoms with van der Waals surface area (Å²) >= 11 is 6.50. The zero-order valence-corrected chi connectivity index (χ0v) is 16.9. The van der Waals surface area contributed by atoms with Crippen LogP contribution in [-0.2, 0) is 6.54 Å². The predicted molar refractivity (Wildman–Crippen MR) is 111 cm³/mol. The van der Waals surface area contributed by atoms with Crippen LogP contribution in [-0.4, -0.2) is 51.7 Å². The Balaban J connectivity index is 1.46.